The number of nitrogens with zero attached hydrogens (tertiary/aromatic N) is 2. The van der Waals surface area contributed by atoms with Gasteiger partial charge >= 0.3 is 0 Å². The number of amidine groups is 1. The van der Waals surface area contributed by atoms with Crippen LogP contribution in [-0.2, 0) is 0 Å². The van der Waals surface area contributed by atoms with Crippen molar-refractivity contribution in [3.05, 3.63) is 52.3 Å². The molecular weight excluding hydrogens is 294 g/mol. The predicted octanol–water partition coefficient (Wildman–Crippen LogP) is 4.14. The summed E-state index contributed by atoms with van der Waals surface area (Å²) in [5, 5.41) is 11.1. The number of rotatable bonds is 8. The van der Waals surface area contributed by atoms with E-state index in [1.54, 1.807) is 30.3 Å². The first-order valence-electron chi connectivity index (χ1n) is 7.77. The standard InChI is InChI=1S/C17H21N3O3/c1-2-3-4-7-12-19-17(18)16-11-10-15(23-16)13-8-5-6-9-14(13)20(21)22/h5-6,8-11H,2-4,7,12H2,1H3,(H2,18,19). The molecule has 0 aliphatic rings. The molecule has 0 radical (unpaired) electrons. The summed E-state index contributed by atoms with van der Waals surface area (Å²) in [6.07, 6.45) is 4.49. The van der Waals surface area contributed by atoms with E-state index in [0.717, 1.165) is 12.8 Å². The van der Waals surface area contributed by atoms with Crippen LogP contribution in [0.25, 0.3) is 11.3 Å². The topological polar surface area (TPSA) is 94.7 Å². The van der Waals surface area contributed by atoms with Crippen molar-refractivity contribution in [2.75, 3.05) is 6.54 Å². The summed E-state index contributed by atoms with van der Waals surface area (Å²) in [7, 11) is 0. The maximum Gasteiger partial charge on any atom is 0.280 e. The van der Waals surface area contributed by atoms with E-state index < -0.39 is 4.92 Å². The predicted molar refractivity (Wildman–Crippen MR) is 90.5 cm³/mol. The summed E-state index contributed by atoms with van der Waals surface area (Å²) < 4.78 is 5.64. The Morgan fingerprint density at radius 1 is 1.22 bits per heavy atom. The Kier molecular flexibility index (Phi) is 5.91. The number of aliphatic imine (C=N–C) groups is 1. The summed E-state index contributed by atoms with van der Waals surface area (Å²) in [6.45, 7) is 2.82. The van der Waals surface area contributed by atoms with E-state index in [-0.39, 0.29) is 5.69 Å². The lowest BCUT2D eigenvalue weighted by Crippen LogP contribution is -2.12. The molecule has 0 saturated carbocycles. The van der Waals surface area contributed by atoms with Gasteiger partial charge in [-0.3, -0.25) is 15.1 Å². The molecule has 0 atom stereocenters. The van der Waals surface area contributed by atoms with Crippen molar-refractivity contribution in [1.82, 2.24) is 0 Å². The first-order chi connectivity index (χ1) is 11.1. The number of hydrogen-bond acceptors (Lipinski definition) is 4. The lowest BCUT2D eigenvalue weighted by Gasteiger charge is -2.00. The Hall–Kier alpha value is -2.63. The molecule has 0 unspecified atom stereocenters. The molecule has 2 rings (SSSR count). The maximum absolute atomic E-state index is 11.1. The van der Waals surface area contributed by atoms with Crippen LogP contribution < -0.4 is 5.73 Å². The highest BCUT2D eigenvalue weighted by Gasteiger charge is 2.17. The third kappa shape index (κ3) is 4.42. The molecule has 2 aromatic rings. The van der Waals surface area contributed by atoms with Crippen molar-refractivity contribution in [3.63, 3.8) is 0 Å². The van der Waals surface area contributed by atoms with E-state index in [4.69, 9.17) is 10.2 Å². The summed E-state index contributed by atoms with van der Waals surface area (Å²) in [5.74, 6) is 1.18. The van der Waals surface area contributed by atoms with E-state index in [1.165, 1.54) is 18.9 Å². The quantitative estimate of drug-likeness (QED) is 0.260. The fourth-order valence-electron chi connectivity index (χ4n) is 2.28. The molecule has 0 aliphatic heterocycles. The van der Waals surface area contributed by atoms with Crippen LogP contribution in [0.5, 0.6) is 0 Å². The zero-order chi connectivity index (χ0) is 16.7. The fourth-order valence-corrected chi connectivity index (χ4v) is 2.28. The van der Waals surface area contributed by atoms with E-state index in [2.05, 4.69) is 11.9 Å². The fraction of sp³-hybridized carbons (Fsp3) is 0.353. The van der Waals surface area contributed by atoms with Gasteiger partial charge in [0.15, 0.2) is 11.6 Å². The van der Waals surface area contributed by atoms with Crippen LogP contribution in [0.15, 0.2) is 45.8 Å². The van der Waals surface area contributed by atoms with Crippen LogP contribution in [0.1, 0.15) is 38.4 Å². The monoisotopic (exact) mass is 315 g/mol. The molecule has 0 spiro atoms. The molecule has 1 heterocycles. The van der Waals surface area contributed by atoms with Gasteiger partial charge in [0.1, 0.15) is 5.76 Å². The summed E-state index contributed by atoms with van der Waals surface area (Å²) in [6, 6.07) is 9.82. The van der Waals surface area contributed by atoms with Gasteiger partial charge in [0.05, 0.1) is 10.5 Å². The third-order valence-corrected chi connectivity index (χ3v) is 3.52. The Morgan fingerprint density at radius 2 is 2.00 bits per heavy atom. The SMILES string of the molecule is CCCCCCN=C(N)c1ccc(-c2ccccc2[N+](=O)[O-])o1. The van der Waals surface area contributed by atoms with Gasteiger partial charge in [-0.15, -0.1) is 0 Å². The van der Waals surface area contributed by atoms with Crippen molar-refractivity contribution >= 4 is 11.5 Å². The zero-order valence-corrected chi connectivity index (χ0v) is 13.2. The lowest BCUT2D eigenvalue weighted by atomic mass is 10.1. The number of furan rings is 1. The maximum atomic E-state index is 11.1. The van der Waals surface area contributed by atoms with E-state index in [1.807, 2.05) is 0 Å². The summed E-state index contributed by atoms with van der Waals surface area (Å²) >= 11 is 0. The Bertz CT molecular complexity index is 692. The molecule has 1 aromatic heterocycles. The molecule has 1 aromatic carbocycles. The summed E-state index contributed by atoms with van der Waals surface area (Å²) in [5.41, 5.74) is 6.35. The Labute approximate surface area is 135 Å². The van der Waals surface area contributed by atoms with Gasteiger partial charge in [-0.25, -0.2) is 0 Å². The number of nitro groups is 1. The van der Waals surface area contributed by atoms with E-state index in [0.29, 0.717) is 29.5 Å². The van der Waals surface area contributed by atoms with Crippen LogP contribution in [0.3, 0.4) is 0 Å². The van der Waals surface area contributed by atoms with Crippen molar-refractivity contribution in [1.29, 1.82) is 0 Å². The van der Waals surface area contributed by atoms with Crippen molar-refractivity contribution in [3.8, 4) is 11.3 Å². The van der Waals surface area contributed by atoms with Gasteiger partial charge in [0.2, 0.25) is 0 Å². The highest BCUT2D eigenvalue weighted by Crippen LogP contribution is 2.30. The highest BCUT2D eigenvalue weighted by molar-refractivity contribution is 5.95. The Morgan fingerprint density at radius 3 is 2.74 bits per heavy atom. The van der Waals surface area contributed by atoms with E-state index in [9.17, 15) is 10.1 Å². The molecule has 0 saturated heterocycles. The number of nitro benzene ring substituents is 1. The number of benzene rings is 1. The summed E-state index contributed by atoms with van der Waals surface area (Å²) in [4.78, 5) is 14.9. The lowest BCUT2D eigenvalue weighted by molar-refractivity contribution is -0.384. The molecule has 23 heavy (non-hydrogen) atoms. The second-order valence-corrected chi connectivity index (χ2v) is 5.27. The zero-order valence-electron chi connectivity index (χ0n) is 13.2. The molecule has 6 nitrogen and oxygen atoms in total. The second kappa shape index (κ2) is 8.12. The van der Waals surface area contributed by atoms with Gasteiger partial charge in [0.25, 0.3) is 5.69 Å². The van der Waals surface area contributed by atoms with Crippen LogP contribution in [0, 0.1) is 10.1 Å². The van der Waals surface area contributed by atoms with Crippen LogP contribution in [0.2, 0.25) is 0 Å². The number of unbranched alkanes of at least 4 members (excludes halogenated alkanes) is 3. The molecule has 0 aliphatic carbocycles. The van der Waals surface area contributed by atoms with Crippen molar-refractivity contribution < 1.29 is 9.34 Å². The van der Waals surface area contributed by atoms with E-state index >= 15 is 0 Å². The number of nitrogens with two attached hydrogens (primary N) is 1. The molecular formula is C17H21N3O3. The van der Waals surface area contributed by atoms with Crippen molar-refractivity contribution in [2.45, 2.75) is 32.6 Å². The molecule has 122 valence electrons. The van der Waals surface area contributed by atoms with Crippen molar-refractivity contribution in [2.24, 2.45) is 10.7 Å². The third-order valence-electron chi connectivity index (χ3n) is 3.52. The number of hydrogen-bond donors (Lipinski definition) is 1. The molecule has 0 fully saturated rings. The van der Waals surface area contributed by atoms with Gasteiger partial charge < -0.3 is 10.2 Å². The minimum atomic E-state index is -0.428. The molecule has 6 heteroatoms. The first-order valence-corrected chi connectivity index (χ1v) is 7.77. The smallest absolute Gasteiger partial charge is 0.280 e. The van der Waals surface area contributed by atoms with Gasteiger partial charge in [0, 0.05) is 12.6 Å². The largest absolute Gasteiger partial charge is 0.453 e. The van der Waals surface area contributed by atoms with Crippen LogP contribution in [0.4, 0.5) is 5.69 Å². The second-order valence-electron chi connectivity index (χ2n) is 5.27. The van der Waals surface area contributed by atoms with Crippen LogP contribution >= 0.6 is 0 Å². The number of para-hydroxylation sites is 1. The van der Waals surface area contributed by atoms with Gasteiger partial charge in [-0.1, -0.05) is 38.3 Å². The Balaban J connectivity index is 2.12. The van der Waals surface area contributed by atoms with Gasteiger partial charge in [-0.2, -0.15) is 0 Å². The highest BCUT2D eigenvalue weighted by atomic mass is 16.6. The molecule has 0 bridgehead atoms. The minimum Gasteiger partial charge on any atom is -0.453 e. The average Bonchev–Trinajstić information content (AvgIpc) is 3.04. The minimum absolute atomic E-state index is 0.00322. The van der Waals surface area contributed by atoms with Crippen LogP contribution in [-0.4, -0.2) is 17.3 Å². The normalized spacial score (nSPS) is 11.6. The molecule has 2 N–H and O–H groups in total. The first kappa shape index (κ1) is 16.7. The van der Waals surface area contributed by atoms with Gasteiger partial charge in [-0.05, 0) is 24.6 Å². The molecule has 0 amide bonds. The average molecular weight is 315 g/mol.